The van der Waals surface area contributed by atoms with Crippen LogP contribution in [0.25, 0.3) is 0 Å². The van der Waals surface area contributed by atoms with Crippen LogP contribution in [0.2, 0.25) is 0 Å². The molecule has 0 bridgehead atoms. The molecule has 0 spiro atoms. The number of benzene rings is 1. The Morgan fingerprint density at radius 2 is 2.00 bits per heavy atom. The van der Waals surface area contributed by atoms with Crippen LogP contribution in [0, 0.1) is 19.3 Å². The van der Waals surface area contributed by atoms with Crippen molar-refractivity contribution in [1.29, 1.82) is 0 Å². The van der Waals surface area contributed by atoms with Gasteiger partial charge in [-0.05, 0) is 49.8 Å². The molecule has 2 nitrogen and oxygen atoms in total. The first-order chi connectivity index (χ1) is 9.83. The van der Waals surface area contributed by atoms with Crippen LogP contribution in [-0.4, -0.2) is 30.6 Å². The minimum absolute atomic E-state index is 0.370. The van der Waals surface area contributed by atoms with Crippen molar-refractivity contribution in [1.82, 2.24) is 10.2 Å². The molecule has 0 saturated carbocycles. The van der Waals surface area contributed by atoms with Crippen LogP contribution in [0.4, 0.5) is 0 Å². The third-order valence-electron chi connectivity index (χ3n) is 4.33. The molecular formula is C19H32N2. The minimum atomic E-state index is 0.370. The Hall–Kier alpha value is -0.860. The van der Waals surface area contributed by atoms with E-state index in [4.69, 9.17) is 0 Å². The van der Waals surface area contributed by atoms with E-state index in [0.717, 1.165) is 13.1 Å². The second-order valence-electron chi connectivity index (χ2n) is 7.95. The van der Waals surface area contributed by atoms with Gasteiger partial charge in [0.25, 0.3) is 0 Å². The molecule has 1 heterocycles. The average Bonchev–Trinajstić information content (AvgIpc) is 2.40. The van der Waals surface area contributed by atoms with Crippen LogP contribution in [0.1, 0.15) is 50.3 Å². The number of nitrogens with one attached hydrogen (secondary N) is 1. The highest BCUT2D eigenvalue weighted by molar-refractivity contribution is 5.30. The Kier molecular flexibility index (Phi) is 5.45. The van der Waals surface area contributed by atoms with Gasteiger partial charge in [-0.25, -0.2) is 0 Å². The molecule has 0 amide bonds. The van der Waals surface area contributed by atoms with Crippen LogP contribution >= 0.6 is 0 Å². The monoisotopic (exact) mass is 288 g/mol. The van der Waals surface area contributed by atoms with Gasteiger partial charge in [-0.1, -0.05) is 44.5 Å². The van der Waals surface area contributed by atoms with Crippen molar-refractivity contribution in [3.05, 3.63) is 34.9 Å². The molecule has 21 heavy (non-hydrogen) atoms. The van der Waals surface area contributed by atoms with E-state index in [0.29, 0.717) is 11.5 Å². The Labute approximate surface area is 130 Å². The molecule has 1 aliphatic rings. The highest BCUT2D eigenvalue weighted by Crippen LogP contribution is 2.18. The summed E-state index contributed by atoms with van der Waals surface area (Å²) in [5.74, 6) is 0. The topological polar surface area (TPSA) is 15.3 Å². The van der Waals surface area contributed by atoms with Crippen molar-refractivity contribution >= 4 is 0 Å². The Bertz CT molecular complexity index is 459. The first kappa shape index (κ1) is 16.5. The summed E-state index contributed by atoms with van der Waals surface area (Å²) in [6, 6.07) is 7.47. The quantitative estimate of drug-likeness (QED) is 0.904. The van der Waals surface area contributed by atoms with Crippen molar-refractivity contribution in [3.8, 4) is 0 Å². The standard InChI is InChI=1S/C19H32N2/c1-15-8-9-16(2)17(11-15)12-21-10-6-7-18(13-21)20-14-19(3,4)5/h8-9,11,18,20H,6-7,10,12-14H2,1-5H3. The normalized spacial score (nSPS) is 20.7. The zero-order chi connectivity index (χ0) is 15.5. The number of hydrogen-bond donors (Lipinski definition) is 1. The van der Waals surface area contributed by atoms with Crippen LogP contribution in [0.5, 0.6) is 0 Å². The lowest BCUT2D eigenvalue weighted by atomic mass is 9.95. The van der Waals surface area contributed by atoms with Gasteiger partial charge in [0.15, 0.2) is 0 Å². The van der Waals surface area contributed by atoms with Crippen molar-refractivity contribution in [2.75, 3.05) is 19.6 Å². The fourth-order valence-electron chi connectivity index (χ4n) is 3.03. The number of aryl methyl sites for hydroxylation is 2. The molecule has 0 aromatic heterocycles. The smallest absolute Gasteiger partial charge is 0.0237 e. The van der Waals surface area contributed by atoms with Crippen LogP contribution in [-0.2, 0) is 6.54 Å². The van der Waals surface area contributed by atoms with E-state index in [9.17, 15) is 0 Å². The molecular weight excluding hydrogens is 256 g/mol. The predicted molar refractivity (Wildman–Crippen MR) is 91.7 cm³/mol. The first-order valence-electron chi connectivity index (χ1n) is 8.35. The summed E-state index contributed by atoms with van der Waals surface area (Å²) in [7, 11) is 0. The highest BCUT2D eigenvalue weighted by Gasteiger charge is 2.21. The third-order valence-corrected chi connectivity index (χ3v) is 4.33. The molecule has 2 rings (SSSR count). The molecule has 1 N–H and O–H groups in total. The van der Waals surface area contributed by atoms with E-state index in [1.165, 1.54) is 42.6 Å². The van der Waals surface area contributed by atoms with E-state index in [2.05, 4.69) is 63.0 Å². The summed E-state index contributed by atoms with van der Waals surface area (Å²) in [5.41, 5.74) is 4.65. The zero-order valence-corrected chi connectivity index (χ0v) is 14.5. The third kappa shape index (κ3) is 5.44. The van der Waals surface area contributed by atoms with Gasteiger partial charge < -0.3 is 5.32 Å². The Balaban J connectivity index is 1.90. The fourth-order valence-corrected chi connectivity index (χ4v) is 3.03. The van der Waals surface area contributed by atoms with Crippen molar-refractivity contribution < 1.29 is 0 Å². The fraction of sp³-hybridized carbons (Fsp3) is 0.684. The second kappa shape index (κ2) is 6.93. The van der Waals surface area contributed by atoms with Gasteiger partial charge in [0.1, 0.15) is 0 Å². The lowest BCUT2D eigenvalue weighted by molar-refractivity contribution is 0.175. The molecule has 1 fully saturated rings. The summed E-state index contributed by atoms with van der Waals surface area (Å²) < 4.78 is 0. The largest absolute Gasteiger partial charge is 0.312 e. The summed E-state index contributed by atoms with van der Waals surface area (Å²) >= 11 is 0. The molecule has 0 aliphatic carbocycles. The van der Waals surface area contributed by atoms with Crippen LogP contribution in [0.3, 0.4) is 0 Å². The number of likely N-dealkylation sites (tertiary alicyclic amines) is 1. The van der Waals surface area contributed by atoms with E-state index in [1.54, 1.807) is 0 Å². The van der Waals surface area contributed by atoms with E-state index in [1.807, 2.05) is 0 Å². The first-order valence-corrected chi connectivity index (χ1v) is 8.35. The van der Waals surface area contributed by atoms with Gasteiger partial charge in [0, 0.05) is 25.7 Å². The van der Waals surface area contributed by atoms with Gasteiger partial charge in [0.05, 0.1) is 0 Å². The SMILES string of the molecule is Cc1ccc(C)c(CN2CCCC(NCC(C)(C)C)C2)c1. The van der Waals surface area contributed by atoms with Crippen LogP contribution in [0.15, 0.2) is 18.2 Å². The molecule has 0 radical (unpaired) electrons. The minimum Gasteiger partial charge on any atom is -0.312 e. The number of piperidine rings is 1. The van der Waals surface area contributed by atoms with Gasteiger partial charge >= 0.3 is 0 Å². The molecule has 2 heteroatoms. The maximum atomic E-state index is 3.76. The lowest BCUT2D eigenvalue weighted by Crippen LogP contribution is -2.47. The predicted octanol–water partition coefficient (Wildman–Crippen LogP) is 3.90. The van der Waals surface area contributed by atoms with E-state index >= 15 is 0 Å². The molecule has 1 unspecified atom stereocenters. The van der Waals surface area contributed by atoms with Gasteiger partial charge in [-0.3, -0.25) is 4.90 Å². The number of rotatable bonds is 4. The highest BCUT2D eigenvalue weighted by atomic mass is 15.2. The van der Waals surface area contributed by atoms with Crippen molar-refractivity contribution in [2.24, 2.45) is 5.41 Å². The maximum Gasteiger partial charge on any atom is 0.0237 e. The van der Waals surface area contributed by atoms with Crippen LogP contribution < -0.4 is 5.32 Å². The lowest BCUT2D eigenvalue weighted by Gasteiger charge is -2.35. The molecule has 118 valence electrons. The summed E-state index contributed by atoms with van der Waals surface area (Å²) in [6.45, 7) is 16.0. The molecule has 1 saturated heterocycles. The maximum absolute atomic E-state index is 3.76. The average molecular weight is 288 g/mol. The summed E-state index contributed by atoms with van der Waals surface area (Å²) in [4.78, 5) is 2.62. The Morgan fingerprint density at radius 1 is 1.24 bits per heavy atom. The molecule has 1 atom stereocenters. The summed E-state index contributed by atoms with van der Waals surface area (Å²) in [5, 5.41) is 3.76. The second-order valence-corrected chi connectivity index (χ2v) is 7.95. The number of hydrogen-bond acceptors (Lipinski definition) is 2. The van der Waals surface area contributed by atoms with Crippen molar-refractivity contribution in [3.63, 3.8) is 0 Å². The Morgan fingerprint density at radius 3 is 2.71 bits per heavy atom. The van der Waals surface area contributed by atoms with Gasteiger partial charge in [0.2, 0.25) is 0 Å². The number of nitrogens with zero attached hydrogens (tertiary/aromatic N) is 1. The molecule has 1 aromatic carbocycles. The van der Waals surface area contributed by atoms with E-state index < -0.39 is 0 Å². The zero-order valence-electron chi connectivity index (χ0n) is 14.5. The molecule has 1 aromatic rings. The van der Waals surface area contributed by atoms with Gasteiger partial charge in [-0.15, -0.1) is 0 Å². The van der Waals surface area contributed by atoms with Crippen molar-refractivity contribution in [2.45, 2.75) is 60.0 Å². The van der Waals surface area contributed by atoms with E-state index in [-0.39, 0.29) is 0 Å². The summed E-state index contributed by atoms with van der Waals surface area (Å²) in [6.07, 6.45) is 2.63. The molecule has 1 aliphatic heterocycles. The van der Waals surface area contributed by atoms with Gasteiger partial charge in [-0.2, -0.15) is 0 Å².